The lowest BCUT2D eigenvalue weighted by Gasteiger charge is -2.05. The van der Waals surface area contributed by atoms with Crippen molar-refractivity contribution in [2.75, 3.05) is 25.6 Å². The molecule has 1 aromatic carbocycles. The van der Waals surface area contributed by atoms with Crippen LogP contribution in [0, 0.1) is 0 Å². The molecule has 2 N–H and O–H groups in total. The van der Waals surface area contributed by atoms with Crippen LogP contribution >= 0.6 is 11.3 Å². The van der Waals surface area contributed by atoms with Crippen molar-refractivity contribution in [3.05, 3.63) is 29.6 Å². The molecule has 1 aromatic heterocycles. The minimum Gasteiger partial charge on any atom is -0.497 e. The summed E-state index contributed by atoms with van der Waals surface area (Å²) in [6, 6.07) is 7.40. The normalized spacial score (nSPS) is 10.1. The van der Waals surface area contributed by atoms with Gasteiger partial charge < -0.3 is 14.8 Å². The van der Waals surface area contributed by atoms with Crippen LogP contribution in [0.2, 0.25) is 0 Å². The van der Waals surface area contributed by atoms with Crippen LogP contribution in [-0.2, 0) is 19.1 Å². The summed E-state index contributed by atoms with van der Waals surface area (Å²) in [6.07, 6.45) is 0.00568. The van der Waals surface area contributed by atoms with Gasteiger partial charge in [0.05, 0.1) is 19.2 Å². The van der Waals surface area contributed by atoms with Gasteiger partial charge in [0, 0.05) is 24.4 Å². The number of thiazole rings is 1. The molecule has 0 unspecified atom stereocenters. The number of anilines is 1. The van der Waals surface area contributed by atoms with Gasteiger partial charge in [-0.2, -0.15) is 0 Å². The lowest BCUT2D eigenvalue weighted by molar-refractivity contribution is -0.147. The summed E-state index contributed by atoms with van der Waals surface area (Å²) in [5.74, 6) is -0.523. The van der Waals surface area contributed by atoms with Crippen LogP contribution in [0.4, 0.5) is 5.13 Å². The summed E-state index contributed by atoms with van der Waals surface area (Å²) < 4.78 is 9.94. The minimum absolute atomic E-state index is 0.00568. The quantitative estimate of drug-likeness (QED) is 0.680. The highest BCUT2D eigenvalue weighted by Gasteiger charge is 2.11. The number of nitrogens with one attached hydrogen (secondary N) is 2. The first-order chi connectivity index (χ1) is 12.5. The van der Waals surface area contributed by atoms with Crippen LogP contribution in [0.3, 0.4) is 0 Å². The Morgan fingerprint density at radius 3 is 2.58 bits per heavy atom. The van der Waals surface area contributed by atoms with Crippen LogP contribution in [0.1, 0.15) is 13.3 Å². The van der Waals surface area contributed by atoms with Crippen LogP contribution in [0.5, 0.6) is 5.75 Å². The smallest absolute Gasteiger partial charge is 0.308 e. The zero-order chi connectivity index (χ0) is 18.9. The van der Waals surface area contributed by atoms with E-state index in [-0.39, 0.29) is 18.9 Å². The summed E-state index contributed by atoms with van der Waals surface area (Å²) in [7, 11) is 1.60. The van der Waals surface area contributed by atoms with E-state index < -0.39 is 18.5 Å². The molecule has 0 radical (unpaired) electrons. The lowest BCUT2D eigenvalue weighted by Crippen LogP contribution is -2.25. The average Bonchev–Trinajstić information content (AvgIpc) is 3.08. The first-order valence-corrected chi connectivity index (χ1v) is 8.65. The number of rotatable bonds is 8. The summed E-state index contributed by atoms with van der Waals surface area (Å²) >= 11 is 1.27. The Balaban J connectivity index is 1.79. The van der Waals surface area contributed by atoms with Crippen molar-refractivity contribution in [2.45, 2.75) is 13.3 Å². The van der Waals surface area contributed by atoms with Gasteiger partial charge in [-0.1, -0.05) is 0 Å². The van der Waals surface area contributed by atoms with Crippen molar-refractivity contribution in [1.29, 1.82) is 0 Å². The van der Waals surface area contributed by atoms with Crippen molar-refractivity contribution in [1.82, 2.24) is 10.3 Å². The molecular formula is C17H19N3O5S. The lowest BCUT2D eigenvalue weighted by atomic mass is 10.2. The fourth-order valence-corrected chi connectivity index (χ4v) is 2.68. The first kappa shape index (κ1) is 19.4. The Morgan fingerprint density at radius 2 is 1.92 bits per heavy atom. The van der Waals surface area contributed by atoms with Gasteiger partial charge in [0.15, 0.2) is 11.7 Å². The van der Waals surface area contributed by atoms with E-state index in [0.29, 0.717) is 5.13 Å². The zero-order valence-corrected chi connectivity index (χ0v) is 15.2. The predicted molar refractivity (Wildman–Crippen MR) is 97.0 cm³/mol. The molecule has 8 nitrogen and oxygen atoms in total. The summed E-state index contributed by atoms with van der Waals surface area (Å²) in [5.41, 5.74) is 1.62. The zero-order valence-electron chi connectivity index (χ0n) is 14.4. The van der Waals surface area contributed by atoms with E-state index in [0.717, 1.165) is 17.0 Å². The monoisotopic (exact) mass is 377 g/mol. The fraction of sp³-hybridized carbons (Fsp3) is 0.294. The highest BCUT2D eigenvalue weighted by Crippen LogP contribution is 2.26. The molecule has 2 amide bonds. The molecule has 0 aliphatic rings. The van der Waals surface area contributed by atoms with Gasteiger partial charge in [-0.15, -0.1) is 11.3 Å². The van der Waals surface area contributed by atoms with Crippen molar-refractivity contribution < 1.29 is 23.9 Å². The molecule has 0 saturated carbocycles. The summed E-state index contributed by atoms with van der Waals surface area (Å²) in [5, 5.41) is 7.28. The number of hydrogen-bond donors (Lipinski definition) is 2. The van der Waals surface area contributed by atoms with E-state index in [1.165, 1.54) is 18.3 Å². The number of nitrogens with zero attached hydrogens (tertiary/aromatic N) is 1. The SMILES string of the molecule is COc1ccc(-c2csc(NC(=O)COC(=O)CCNC(C)=O)n2)cc1. The van der Waals surface area contributed by atoms with Gasteiger partial charge in [0.2, 0.25) is 5.91 Å². The van der Waals surface area contributed by atoms with Gasteiger partial charge in [-0.25, -0.2) is 4.98 Å². The van der Waals surface area contributed by atoms with Gasteiger partial charge in [-0.3, -0.25) is 19.7 Å². The fourth-order valence-electron chi connectivity index (χ4n) is 1.94. The Kier molecular flexibility index (Phi) is 7.10. The van der Waals surface area contributed by atoms with E-state index in [9.17, 15) is 14.4 Å². The molecule has 0 aliphatic carbocycles. The maximum absolute atomic E-state index is 11.8. The topological polar surface area (TPSA) is 107 Å². The molecule has 138 valence electrons. The number of hydrogen-bond acceptors (Lipinski definition) is 7. The molecule has 0 atom stereocenters. The Morgan fingerprint density at radius 1 is 1.19 bits per heavy atom. The highest BCUT2D eigenvalue weighted by molar-refractivity contribution is 7.14. The Bertz CT molecular complexity index is 773. The molecule has 9 heteroatoms. The maximum Gasteiger partial charge on any atom is 0.308 e. The van der Waals surface area contributed by atoms with Crippen LogP contribution in [0.15, 0.2) is 29.6 Å². The van der Waals surface area contributed by atoms with E-state index in [2.05, 4.69) is 15.6 Å². The highest BCUT2D eigenvalue weighted by atomic mass is 32.1. The van der Waals surface area contributed by atoms with Crippen molar-refractivity contribution in [3.8, 4) is 17.0 Å². The first-order valence-electron chi connectivity index (χ1n) is 7.78. The number of carbonyl (C=O) groups excluding carboxylic acids is 3. The van der Waals surface area contributed by atoms with Crippen LogP contribution < -0.4 is 15.4 Å². The maximum atomic E-state index is 11.8. The van der Waals surface area contributed by atoms with E-state index in [4.69, 9.17) is 9.47 Å². The third kappa shape index (κ3) is 6.17. The van der Waals surface area contributed by atoms with Crippen molar-refractivity contribution in [2.24, 2.45) is 0 Å². The Hall–Kier alpha value is -2.94. The molecule has 2 rings (SSSR count). The molecule has 1 heterocycles. The van der Waals surface area contributed by atoms with Crippen molar-refractivity contribution >= 4 is 34.3 Å². The second-order valence-corrected chi connectivity index (χ2v) is 6.07. The van der Waals surface area contributed by atoms with Gasteiger partial charge in [0.25, 0.3) is 5.91 Å². The molecule has 2 aromatic rings. The molecule has 0 aliphatic heterocycles. The van der Waals surface area contributed by atoms with Crippen LogP contribution in [-0.4, -0.2) is 43.0 Å². The third-order valence-corrected chi connectivity index (χ3v) is 3.96. The molecule has 0 spiro atoms. The Labute approximate surface area is 154 Å². The van der Waals surface area contributed by atoms with Gasteiger partial charge in [0.1, 0.15) is 5.75 Å². The molecule has 0 saturated heterocycles. The largest absolute Gasteiger partial charge is 0.497 e. The number of benzene rings is 1. The number of ether oxygens (including phenoxy) is 2. The van der Waals surface area contributed by atoms with E-state index >= 15 is 0 Å². The molecule has 0 fully saturated rings. The second kappa shape index (κ2) is 9.52. The minimum atomic E-state index is -0.563. The van der Waals surface area contributed by atoms with Crippen LogP contribution in [0.25, 0.3) is 11.3 Å². The number of methoxy groups -OCH3 is 1. The third-order valence-electron chi connectivity index (χ3n) is 3.20. The number of carbonyl (C=O) groups is 3. The predicted octanol–water partition coefficient (Wildman–Crippen LogP) is 1.83. The summed E-state index contributed by atoms with van der Waals surface area (Å²) in [6.45, 7) is 1.12. The molecule has 0 bridgehead atoms. The van der Waals surface area contributed by atoms with Crippen molar-refractivity contribution in [3.63, 3.8) is 0 Å². The van der Waals surface area contributed by atoms with Gasteiger partial charge >= 0.3 is 5.97 Å². The molecular weight excluding hydrogens is 358 g/mol. The van der Waals surface area contributed by atoms with E-state index in [1.54, 1.807) is 7.11 Å². The number of aromatic nitrogens is 1. The van der Waals surface area contributed by atoms with Gasteiger partial charge in [-0.05, 0) is 24.3 Å². The number of amides is 2. The second-order valence-electron chi connectivity index (χ2n) is 5.21. The number of esters is 1. The van der Waals surface area contributed by atoms with E-state index in [1.807, 2.05) is 29.6 Å². The molecule has 26 heavy (non-hydrogen) atoms. The average molecular weight is 377 g/mol. The standard InChI is InChI=1S/C17H19N3O5S/c1-11(21)18-8-7-16(23)25-9-15(22)20-17-19-14(10-26-17)12-3-5-13(24-2)6-4-12/h3-6,10H,7-9H2,1-2H3,(H,18,21)(H,19,20,22). The summed E-state index contributed by atoms with van der Waals surface area (Å²) in [4.78, 5) is 38.3.